The van der Waals surface area contributed by atoms with Gasteiger partial charge in [-0.3, -0.25) is 4.90 Å². The standard InChI is InChI=1S/C16H31N3O2/c1-2-3-8-18-9-5-4-6-15(18)11-17-16(21)19-10-7-14(12-19)13-20/h14-15,20H,2-13H2,1H3,(H,17,21). The van der Waals surface area contributed by atoms with E-state index in [9.17, 15) is 4.79 Å². The van der Waals surface area contributed by atoms with Crippen molar-refractivity contribution in [3.8, 4) is 0 Å². The van der Waals surface area contributed by atoms with Gasteiger partial charge < -0.3 is 15.3 Å². The van der Waals surface area contributed by atoms with Crippen molar-refractivity contribution in [2.24, 2.45) is 5.92 Å². The molecule has 0 bridgehead atoms. The van der Waals surface area contributed by atoms with Crippen molar-refractivity contribution in [2.45, 2.75) is 51.5 Å². The molecular weight excluding hydrogens is 266 g/mol. The van der Waals surface area contributed by atoms with E-state index in [4.69, 9.17) is 5.11 Å². The highest BCUT2D eigenvalue weighted by atomic mass is 16.3. The van der Waals surface area contributed by atoms with Crippen LogP contribution in [0, 0.1) is 5.92 Å². The minimum atomic E-state index is 0.0481. The van der Waals surface area contributed by atoms with Gasteiger partial charge in [0.2, 0.25) is 0 Å². The Kier molecular flexibility index (Phi) is 6.77. The van der Waals surface area contributed by atoms with Gasteiger partial charge in [0, 0.05) is 38.2 Å². The molecule has 2 aliphatic heterocycles. The van der Waals surface area contributed by atoms with Gasteiger partial charge in [-0.05, 0) is 38.8 Å². The molecule has 2 unspecified atom stereocenters. The van der Waals surface area contributed by atoms with Crippen LogP contribution < -0.4 is 5.32 Å². The lowest BCUT2D eigenvalue weighted by molar-refractivity contribution is 0.140. The highest BCUT2D eigenvalue weighted by Gasteiger charge is 2.27. The average Bonchev–Trinajstić information content (AvgIpc) is 3.00. The van der Waals surface area contributed by atoms with Crippen LogP contribution in [0.4, 0.5) is 4.79 Å². The summed E-state index contributed by atoms with van der Waals surface area (Å²) >= 11 is 0. The highest BCUT2D eigenvalue weighted by molar-refractivity contribution is 5.74. The van der Waals surface area contributed by atoms with Gasteiger partial charge in [0.1, 0.15) is 0 Å². The molecule has 2 saturated heterocycles. The number of aliphatic hydroxyl groups is 1. The number of urea groups is 1. The number of hydrogen-bond donors (Lipinski definition) is 2. The molecule has 0 saturated carbocycles. The minimum Gasteiger partial charge on any atom is -0.396 e. The second kappa shape index (κ2) is 8.59. The Morgan fingerprint density at radius 1 is 1.29 bits per heavy atom. The molecule has 0 radical (unpaired) electrons. The van der Waals surface area contributed by atoms with Gasteiger partial charge in [0.25, 0.3) is 0 Å². The van der Waals surface area contributed by atoms with Crippen molar-refractivity contribution in [3.05, 3.63) is 0 Å². The summed E-state index contributed by atoms with van der Waals surface area (Å²) < 4.78 is 0. The molecule has 2 fully saturated rings. The number of likely N-dealkylation sites (tertiary alicyclic amines) is 2. The number of piperidine rings is 1. The van der Waals surface area contributed by atoms with Gasteiger partial charge in [-0.1, -0.05) is 19.8 Å². The van der Waals surface area contributed by atoms with E-state index in [0.717, 1.165) is 26.1 Å². The quantitative estimate of drug-likeness (QED) is 0.784. The maximum atomic E-state index is 12.2. The molecule has 0 aromatic rings. The van der Waals surface area contributed by atoms with Crippen LogP contribution in [0.1, 0.15) is 45.4 Å². The molecule has 2 aliphatic rings. The summed E-state index contributed by atoms with van der Waals surface area (Å²) in [5.41, 5.74) is 0. The molecule has 2 amide bonds. The van der Waals surface area contributed by atoms with Gasteiger partial charge in [0.15, 0.2) is 0 Å². The van der Waals surface area contributed by atoms with Crippen molar-refractivity contribution in [1.29, 1.82) is 0 Å². The molecule has 2 N–H and O–H groups in total. The summed E-state index contributed by atoms with van der Waals surface area (Å²) in [5.74, 6) is 0.270. The SMILES string of the molecule is CCCCN1CCCCC1CNC(=O)N1CCC(CO)C1. The van der Waals surface area contributed by atoms with Gasteiger partial charge in [-0.2, -0.15) is 0 Å². The van der Waals surface area contributed by atoms with Gasteiger partial charge in [0.05, 0.1) is 0 Å². The van der Waals surface area contributed by atoms with E-state index in [2.05, 4.69) is 17.1 Å². The predicted octanol–water partition coefficient (Wildman–Crippen LogP) is 1.66. The van der Waals surface area contributed by atoms with Crippen molar-refractivity contribution in [3.63, 3.8) is 0 Å². The zero-order valence-electron chi connectivity index (χ0n) is 13.4. The molecule has 21 heavy (non-hydrogen) atoms. The summed E-state index contributed by atoms with van der Waals surface area (Å²) in [7, 11) is 0. The van der Waals surface area contributed by atoms with Gasteiger partial charge >= 0.3 is 6.03 Å². The van der Waals surface area contributed by atoms with Crippen molar-refractivity contribution < 1.29 is 9.90 Å². The van der Waals surface area contributed by atoms with Crippen molar-refractivity contribution in [1.82, 2.24) is 15.1 Å². The first-order chi connectivity index (χ1) is 10.2. The number of hydrogen-bond acceptors (Lipinski definition) is 3. The molecule has 0 aromatic heterocycles. The number of rotatable bonds is 6. The van der Waals surface area contributed by atoms with E-state index in [-0.39, 0.29) is 18.6 Å². The van der Waals surface area contributed by atoms with Gasteiger partial charge in [-0.25, -0.2) is 4.79 Å². The summed E-state index contributed by atoms with van der Waals surface area (Å²) in [4.78, 5) is 16.6. The summed E-state index contributed by atoms with van der Waals surface area (Å²) in [6.07, 6.45) is 7.16. The second-order valence-corrected chi connectivity index (χ2v) is 6.51. The fraction of sp³-hybridized carbons (Fsp3) is 0.938. The molecule has 2 heterocycles. The third-order valence-electron chi connectivity index (χ3n) is 4.87. The Morgan fingerprint density at radius 3 is 2.86 bits per heavy atom. The fourth-order valence-electron chi connectivity index (χ4n) is 3.43. The number of nitrogens with zero attached hydrogens (tertiary/aromatic N) is 2. The zero-order chi connectivity index (χ0) is 15.1. The van der Waals surface area contributed by atoms with E-state index in [1.807, 2.05) is 4.90 Å². The molecule has 0 aliphatic carbocycles. The third-order valence-corrected chi connectivity index (χ3v) is 4.87. The summed E-state index contributed by atoms with van der Waals surface area (Å²) in [6, 6.07) is 0.553. The van der Waals surface area contributed by atoms with E-state index >= 15 is 0 Å². The zero-order valence-corrected chi connectivity index (χ0v) is 13.4. The topological polar surface area (TPSA) is 55.8 Å². The second-order valence-electron chi connectivity index (χ2n) is 6.51. The molecule has 5 nitrogen and oxygen atoms in total. The van der Waals surface area contributed by atoms with Crippen LogP contribution in [0.2, 0.25) is 0 Å². The van der Waals surface area contributed by atoms with E-state index in [1.165, 1.54) is 38.6 Å². The predicted molar refractivity (Wildman–Crippen MR) is 84.3 cm³/mol. The Morgan fingerprint density at radius 2 is 2.14 bits per heavy atom. The smallest absolute Gasteiger partial charge is 0.317 e. The van der Waals surface area contributed by atoms with Crippen LogP contribution in [-0.2, 0) is 0 Å². The first-order valence-corrected chi connectivity index (χ1v) is 8.62. The lowest BCUT2D eigenvalue weighted by Crippen LogP contribution is -2.49. The molecule has 5 heteroatoms. The summed E-state index contributed by atoms with van der Waals surface area (Å²) in [5, 5.41) is 12.3. The lowest BCUT2D eigenvalue weighted by atomic mass is 10.0. The Hall–Kier alpha value is -0.810. The largest absolute Gasteiger partial charge is 0.396 e. The maximum absolute atomic E-state index is 12.2. The normalized spacial score (nSPS) is 27.0. The third kappa shape index (κ3) is 4.85. The van der Waals surface area contributed by atoms with Crippen LogP contribution in [0.5, 0.6) is 0 Å². The van der Waals surface area contributed by atoms with Gasteiger partial charge in [-0.15, -0.1) is 0 Å². The number of unbranched alkanes of at least 4 members (excludes halogenated alkanes) is 1. The molecule has 0 aromatic carbocycles. The maximum Gasteiger partial charge on any atom is 0.317 e. The molecule has 0 spiro atoms. The monoisotopic (exact) mass is 297 g/mol. The van der Waals surface area contributed by atoms with Crippen molar-refractivity contribution >= 4 is 6.03 Å². The van der Waals surface area contributed by atoms with E-state index in [1.54, 1.807) is 0 Å². The van der Waals surface area contributed by atoms with Crippen LogP contribution >= 0.6 is 0 Å². The molecular formula is C16H31N3O2. The number of amides is 2. The van der Waals surface area contributed by atoms with Crippen molar-refractivity contribution in [2.75, 3.05) is 39.3 Å². The number of aliphatic hydroxyl groups excluding tert-OH is 1. The first kappa shape index (κ1) is 16.6. The number of nitrogens with one attached hydrogen (secondary N) is 1. The van der Waals surface area contributed by atoms with Crippen LogP contribution in [0.25, 0.3) is 0 Å². The van der Waals surface area contributed by atoms with Crippen LogP contribution in [-0.4, -0.2) is 66.3 Å². The molecule has 2 atom stereocenters. The van der Waals surface area contributed by atoms with Crippen LogP contribution in [0.15, 0.2) is 0 Å². The Bertz CT molecular complexity index is 325. The molecule has 2 rings (SSSR count). The number of carbonyl (C=O) groups is 1. The van der Waals surface area contributed by atoms with E-state index < -0.39 is 0 Å². The van der Waals surface area contributed by atoms with E-state index in [0.29, 0.717) is 12.6 Å². The minimum absolute atomic E-state index is 0.0481. The Labute approximate surface area is 128 Å². The summed E-state index contributed by atoms with van der Waals surface area (Å²) in [6.45, 7) is 7.00. The fourth-order valence-corrected chi connectivity index (χ4v) is 3.43. The lowest BCUT2D eigenvalue weighted by Gasteiger charge is -2.36. The average molecular weight is 297 g/mol. The molecule has 122 valence electrons. The van der Waals surface area contributed by atoms with Crippen LogP contribution in [0.3, 0.4) is 0 Å². The number of carbonyl (C=O) groups excluding carboxylic acids is 1. The first-order valence-electron chi connectivity index (χ1n) is 8.62. The highest BCUT2D eigenvalue weighted by Crippen LogP contribution is 2.18. The Balaban J connectivity index is 1.73.